The van der Waals surface area contributed by atoms with Crippen LogP contribution in [0.1, 0.15) is 23.5 Å². The van der Waals surface area contributed by atoms with E-state index in [9.17, 15) is 0 Å². The van der Waals surface area contributed by atoms with Gasteiger partial charge in [-0.05, 0) is 29.9 Å². The molecule has 2 atom stereocenters. The number of nitrogens with zero attached hydrogens (tertiary/aromatic N) is 1. The lowest BCUT2D eigenvalue weighted by molar-refractivity contribution is 0.614. The summed E-state index contributed by atoms with van der Waals surface area (Å²) < 4.78 is 0. The van der Waals surface area contributed by atoms with E-state index in [2.05, 4.69) is 17.5 Å². The first-order chi connectivity index (χ1) is 7.38. The summed E-state index contributed by atoms with van der Waals surface area (Å²) in [7, 11) is 0. The Morgan fingerprint density at radius 3 is 3.27 bits per heavy atom. The predicted molar refractivity (Wildman–Crippen MR) is 63.3 cm³/mol. The van der Waals surface area contributed by atoms with E-state index in [0.717, 1.165) is 5.56 Å². The van der Waals surface area contributed by atoms with Crippen molar-refractivity contribution < 1.29 is 0 Å². The molecule has 2 nitrogen and oxygen atoms in total. The van der Waals surface area contributed by atoms with Crippen LogP contribution in [0.4, 0.5) is 5.69 Å². The minimum atomic E-state index is 0.607. The van der Waals surface area contributed by atoms with Crippen LogP contribution in [0.15, 0.2) is 18.2 Å². The standard InChI is InChI=1S/C12H12N2S/c13-6-8-1-2-9-10-7-15-4-3-11(10)14-12(9)5-8/h1-2,5,10-11,14H,3-4,7H2. The molecule has 0 aromatic heterocycles. The van der Waals surface area contributed by atoms with E-state index in [4.69, 9.17) is 5.26 Å². The van der Waals surface area contributed by atoms with Crippen molar-refractivity contribution >= 4 is 17.4 Å². The van der Waals surface area contributed by atoms with Crippen LogP contribution in [0, 0.1) is 11.3 Å². The van der Waals surface area contributed by atoms with Crippen LogP contribution >= 0.6 is 11.8 Å². The van der Waals surface area contributed by atoms with Gasteiger partial charge in [0.25, 0.3) is 0 Å². The number of benzene rings is 1. The summed E-state index contributed by atoms with van der Waals surface area (Å²) in [5.41, 5.74) is 3.35. The first-order valence-corrected chi connectivity index (χ1v) is 6.42. The molecule has 1 saturated heterocycles. The van der Waals surface area contributed by atoms with Crippen molar-refractivity contribution in [3.8, 4) is 6.07 Å². The summed E-state index contributed by atoms with van der Waals surface area (Å²) in [5.74, 6) is 3.13. The lowest BCUT2D eigenvalue weighted by Crippen LogP contribution is -2.26. The smallest absolute Gasteiger partial charge is 0.0992 e. The average molecular weight is 216 g/mol. The molecule has 0 aliphatic carbocycles. The lowest BCUT2D eigenvalue weighted by Gasteiger charge is -2.24. The van der Waals surface area contributed by atoms with Crippen LogP contribution in [0.2, 0.25) is 0 Å². The fourth-order valence-corrected chi connectivity index (χ4v) is 3.74. The number of anilines is 1. The molecule has 2 heterocycles. The Balaban J connectivity index is 2.01. The molecule has 0 amide bonds. The molecule has 1 aromatic rings. The molecule has 1 N–H and O–H groups in total. The zero-order valence-electron chi connectivity index (χ0n) is 8.36. The second-order valence-corrected chi connectivity index (χ2v) is 5.28. The second-order valence-electron chi connectivity index (χ2n) is 4.13. The van der Waals surface area contributed by atoms with Gasteiger partial charge in [-0.2, -0.15) is 17.0 Å². The van der Waals surface area contributed by atoms with Gasteiger partial charge in [-0.3, -0.25) is 0 Å². The van der Waals surface area contributed by atoms with Gasteiger partial charge in [0, 0.05) is 23.4 Å². The molecular formula is C12H12N2S. The number of nitrogens with one attached hydrogen (secondary N) is 1. The minimum absolute atomic E-state index is 0.607. The largest absolute Gasteiger partial charge is 0.381 e. The SMILES string of the molecule is N#Cc1ccc2c(c1)NC1CCSCC21. The maximum Gasteiger partial charge on any atom is 0.0992 e. The predicted octanol–water partition coefficient (Wildman–Crippen LogP) is 2.57. The third-order valence-corrected chi connectivity index (χ3v) is 4.40. The van der Waals surface area contributed by atoms with E-state index in [0.29, 0.717) is 12.0 Å². The van der Waals surface area contributed by atoms with Crippen LogP contribution in [0.3, 0.4) is 0 Å². The molecule has 76 valence electrons. The molecule has 0 bridgehead atoms. The molecule has 1 fully saturated rings. The van der Waals surface area contributed by atoms with Crippen molar-refractivity contribution in [3.05, 3.63) is 29.3 Å². The monoisotopic (exact) mass is 216 g/mol. The van der Waals surface area contributed by atoms with Crippen LogP contribution < -0.4 is 5.32 Å². The molecule has 0 saturated carbocycles. The van der Waals surface area contributed by atoms with Gasteiger partial charge in [0.1, 0.15) is 0 Å². The van der Waals surface area contributed by atoms with Gasteiger partial charge in [-0.25, -0.2) is 0 Å². The van der Waals surface area contributed by atoms with Gasteiger partial charge in [0.05, 0.1) is 11.6 Å². The van der Waals surface area contributed by atoms with Gasteiger partial charge in [-0.1, -0.05) is 6.07 Å². The normalized spacial score (nSPS) is 27.4. The third kappa shape index (κ3) is 1.40. The highest BCUT2D eigenvalue weighted by atomic mass is 32.2. The Bertz CT molecular complexity index is 436. The molecule has 15 heavy (non-hydrogen) atoms. The lowest BCUT2D eigenvalue weighted by atomic mass is 9.94. The maximum atomic E-state index is 8.85. The van der Waals surface area contributed by atoms with E-state index in [-0.39, 0.29) is 0 Å². The maximum absolute atomic E-state index is 8.85. The van der Waals surface area contributed by atoms with Crippen molar-refractivity contribution in [2.75, 3.05) is 16.8 Å². The molecule has 2 aliphatic heterocycles. The Morgan fingerprint density at radius 1 is 1.47 bits per heavy atom. The molecule has 0 spiro atoms. The van der Waals surface area contributed by atoms with Crippen molar-refractivity contribution in [1.29, 1.82) is 5.26 Å². The highest BCUT2D eigenvalue weighted by Gasteiger charge is 2.34. The summed E-state index contributed by atoms with van der Waals surface area (Å²) >= 11 is 2.04. The van der Waals surface area contributed by atoms with Crippen molar-refractivity contribution in [3.63, 3.8) is 0 Å². The van der Waals surface area contributed by atoms with Gasteiger partial charge >= 0.3 is 0 Å². The minimum Gasteiger partial charge on any atom is -0.381 e. The summed E-state index contributed by atoms with van der Waals surface area (Å²) in [6.07, 6.45) is 1.24. The number of rotatable bonds is 0. The summed E-state index contributed by atoms with van der Waals surface area (Å²) in [4.78, 5) is 0. The second kappa shape index (κ2) is 3.46. The average Bonchev–Trinajstić information content (AvgIpc) is 2.66. The molecule has 3 heteroatoms. The van der Waals surface area contributed by atoms with Gasteiger partial charge in [0.2, 0.25) is 0 Å². The number of fused-ring (bicyclic) bond motifs is 3. The van der Waals surface area contributed by atoms with E-state index < -0.39 is 0 Å². The summed E-state index contributed by atoms with van der Waals surface area (Å²) in [6, 6.07) is 8.84. The highest BCUT2D eigenvalue weighted by molar-refractivity contribution is 7.99. The fraction of sp³-hybridized carbons (Fsp3) is 0.417. The Hall–Kier alpha value is -1.14. The van der Waals surface area contributed by atoms with E-state index >= 15 is 0 Å². The van der Waals surface area contributed by atoms with Crippen LogP contribution in [-0.4, -0.2) is 17.5 Å². The number of thioether (sulfide) groups is 1. The van der Waals surface area contributed by atoms with Crippen LogP contribution in [0.25, 0.3) is 0 Å². The quantitative estimate of drug-likeness (QED) is 0.724. The van der Waals surface area contributed by atoms with Crippen molar-refractivity contribution in [2.24, 2.45) is 0 Å². The van der Waals surface area contributed by atoms with E-state index in [1.54, 1.807) is 0 Å². The number of hydrogen-bond donors (Lipinski definition) is 1. The van der Waals surface area contributed by atoms with Crippen molar-refractivity contribution in [1.82, 2.24) is 0 Å². The molecule has 0 radical (unpaired) electrons. The van der Waals surface area contributed by atoms with Crippen LogP contribution in [0.5, 0.6) is 0 Å². The zero-order valence-corrected chi connectivity index (χ0v) is 9.18. The zero-order chi connectivity index (χ0) is 10.3. The summed E-state index contributed by atoms with van der Waals surface area (Å²) in [6.45, 7) is 0. The van der Waals surface area contributed by atoms with Gasteiger partial charge in [0.15, 0.2) is 0 Å². The van der Waals surface area contributed by atoms with Gasteiger partial charge in [-0.15, -0.1) is 0 Å². The molecular weight excluding hydrogens is 204 g/mol. The molecule has 3 rings (SSSR count). The third-order valence-electron chi connectivity index (χ3n) is 3.28. The fourth-order valence-electron chi connectivity index (χ4n) is 2.49. The molecule has 1 aromatic carbocycles. The molecule has 2 aliphatic rings. The topological polar surface area (TPSA) is 35.8 Å². The summed E-state index contributed by atoms with van der Waals surface area (Å²) in [5, 5.41) is 12.4. The first-order valence-electron chi connectivity index (χ1n) is 5.27. The van der Waals surface area contributed by atoms with Gasteiger partial charge < -0.3 is 5.32 Å². The van der Waals surface area contributed by atoms with E-state index in [1.807, 2.05) is 23.9 Å². The van der Waals surface area contributed by atoms with Crippen molar-refractivity contribution in [2.45, 2.75) is 18.4 Å². The number of hydrogen-bond acceptors (Lipinski definition) is 3. The molecule has 2 unspecified atom stereocenters. The Morgan fingerprint density at radius 2 is 2.40 bits per heavy atom. The van der Waals surface area contributed by atoms with Crippen LogP contribution in [-0.2, 0) is 0 Å². The Labute approximate surface area is 93.7 Å². The highest BCUT2D eigenvalue weighted by Crippen LogP contribution is 2.42. The Kier molecular flexibility index (Phi) is 2.10. The number of nitriles is 1. The van der Waals surface area contributed by atoms with E-state index in [1.165, 1.54) is 29.2 Å². The first kappa shape index (κ1) is 9.11.